The van der Waals surface area contributed by atoms with E-state index in [0.717, 1.165) is 32.3 Å². The molecular weight excluding hydrogens is 328 g/mol. The van der Waals surface area contributed by atoms with Gasteiger partial charge in [-0.25, -0.2) is 0 Å². The fourth-order valence-corrected chi connectivity index (χ4v) is 2.80. The van der Waals surface area contributed by atoms with Crippen molar-refractivity contribution < 1.29 is 9.47 Å². The van der Waals surface area contributed by atoms with Crippen LogP contribution in [0.4, 0.5) is 0 Å². The molecule has 0 atom stereocenters. The standard InChI is InChI=1S/C18H15BrO2/c1-20-18-16-9-8-15(11-14(16)7-10-17(18)19)21-12-13-5-3-2-4-6-13/h2-11H,12H2,1H3. The quantitative estimate of drug-likeness (QED) is 0.649. The first-order valence-corrected chi connectivity index (χ1v) is 7.50. The van der Waals surface area contributed by atoms with Crippen LogP contribution in [0.5, 0.6) is 11.5 Å². The van der Waals surface area contributed by atoms with Crippen molar-refractivity contribution in [3.8, 4) is 11.5 Å². The van der Waals surface area contributed by atoms with Crippen LogP contribution in [0, 0.1) is 0 Å². The average Bonchev–Trinajstić information content (AvgIpc) is 2.54. The lowest BCUT2D eigenvalue weighted by atomic mass is 10.1. The highest BCUT2D eigenvalue weighted by molar-refractivity contribution is 9.10. The van der Waals surface area contributed by atoms with Gasteiger partial charge in [0.15, 0.2) is 0 Å². The fourth-order valence-electron chi connectivity index (χ4n) is 2.29. The molecule has 0 fully saturated rings. The van der Waals surface area contributed by atoms with Gasteiger partial charge >= 0.3 is 0 Å². The number of halogens is 1. The largest absolute Gasteiger partial charge is 0.495 e. The average molecular weight is 343 g/mol. The second-order valence-corrected chi connectivity index (χ2v) is 5.59. The highest BCUT2D eigenvalue weighted by Gasteiger charge is 2.07. The Labute approximate surface area is 132 Å². The number of rotatable bonds is 4. The molecule has 0 radical (unpaired) electrons. The molecule has 106 valence electrons. The third-order valence-corrected chi connectivity index (χ3v) is 3.97. The molecule has 3 heteroatoms. The van der Waals surface area contributed by atoms with Crippen molar-refractivity contribution in [1.29, 1.82) is 0 Å². The zero-order chi connectivity index (χ0) is 14.7. The minimum atomic E-state index is 0.569. The van der Waals surface area contributed by atoms with Crippen molar-refractivity contribution in [2.24, 2.45) is 0 Å². The molecule has 0 bridgehead atoms. The smallest absolute Gasteiger partial charge is 0.140 e. The molecule has 0 saturated carbocycles. The fraction of sp³-hybridized carbons (Fsp3) is 0.111. The number of hydrogen-bond donors (Lipinski definition) is 0. The van der Waals surface area contributed by atoms with E-state index in [0.29, 0.717) is 6.61 Å². The minimum Gasteiger partial charge on any atom is -0.495 e. The van der Waals surface area contributed by atoms with Gasteiger partial charge < -0.3 is 9.47 Å². The number of fused-ring (bicyclic) bond motifs is 1. The molecule has 3 aromatic rings. The van der Waals surface area contributed by atoms with Crippen LogP contribution in [0.15, 0.2) is 65.1 Å². The topological polar surface area (TPSA) is 18.5 Å². The molecule has 21 heavy (non-hydrogen) atoms. The maximum Gasteiger partial charge on any atom is 0.140 e. The van der Waals surface area contributed by atoms with Gasteiger partial charge in [0.25, 0.3) is 0 Å². The van der Waals surface area contributed by atoms with E-state index >= 15 is 0 Å². The van der Waals surface area contributed by atoms with Crippen LogP contribution < -0.4 is 9.47 Å². The van der Waals surface area contributed by atoms with Gasteiger partial charge in [-0.15, -0.1) is 0 Å². The molecule has 0 unspecified atom stereocenters. The summed E-state index contributed by atoms with van der Waals surface area (Å²) in [5.74, 6) is 1.71. The SMILES string of the molecule is COc1c(Br)ccc2cc(OCc3ccccc3)ccc12. The monoisotopic (exact) mass is 342 g/mol. The first-order chi connectivity index (χ1) is 10.3. The van der Waals surface area contributed by atoms with E-state index in [1.165, 1.54) is 0 Å². The first kappa shape index (κ1) is 14.0. The summed E-state index contributed by atoms with van der Waals surface area (Å²) in [7, 11) is 1.68. The van der Waals surface area contributed by atoms with E-state index in [-0.39, 0.29) is 0 Å². The summed E-state index contributed by atoms with van der Waals surface area (Å²) < 4.78 is 12.2. The zero-order valence-electron chi connectivity index (χ0n) is 11.7. The van der Waals surface area contributed by atoms with Gasteiger partial charge in [0, 0.05) is 5.39 Å². The van der Waals surface area contributed by atoms with Crippen molar-refractivity contribution in [1.82, 2.24) is 0 Å². The van der Waals surface area contributed by atoms with Gasteiger partial charge in [-0.1, -0.05) is 36.4 Å². The number of hydrogen-bond acceptors (Lipinski definition) is 2. The maximum atomic E-state index is 5.85. The molecule has 0 amide bonds. The van der Waals surface area contributed by atoms with E-state index in [1.54, 1.807) is 7.11 Å². The Balaban J connectivity index is 1.86. The van der Waals surface area contributed by atoms with Crippen LogP contribution in [0.2, 0.25) is 0 Å². The lowest BCUT2D eigenvalue weighted by Gasteiger charge is -2.10. The molecule has 0 aliphatic rings. The summed E-state index contributed by atoms with van der Waals surface area (Å²) in [4.78, 5) is 0. The van der Waals surface area contributed by atoms with Crippen LogP contribution in [-0.2, 0) is 6.61 Å². The minimum absolute atomic E-state index is 0.569. The number of methoxy groups -OCH3 is 1. The first-order valence-electron chi connectivity index (χ1n) is 6.71. The van der Waals surface area contributed by atoms with Gasteiger partial charge in [-0.2, -0.15) is 0 Å². The van der Waals surface area contributed by atoms with Crippen molar-refractivity contribution in [2.45, 2.75) is 6.61 Å². The molecule has 3 aromatic carbocycles. The van der Waals surface area contributed by atoms with E-state index in [4.69, 9.17) is 9.47 Å². The summed E-state index contributed by atoms with van der Waals surface area (Å²) >= 11 is 3.50. The van der Waals surface area contributed by atoms with E-state index in [1.807, 2.05) is 42.5 Å². The Bertz CT molecular complexity index is 754. The highest BCUT2D eigenvalue weighted by atomic mass is 79.9. The van der Waals surface area contributed by atoms with Crippen LogP contribution in [-0.4, -0.2) is 7.11 Å². The molecule has 0 spiro atoms. The Morgan fingerprint density at radius 1 is 0.952 bits per heavy atom. The predicted molar refractivity (Wildman–Crippen MR) is 89.0 cm³/mol. The van der Waals surface area contributed by atoms with Crippen molar-refractivity contribution in [2.75, 3.05) is 7.11 Å². The lowest BCUT2D eigenvalue weighted by molar-refractivity contribution is 0.306. The third-order valence-electron chi connectivity index (χ3n) is 3.35. The third kappa shape index (κ3) is 3.03. The predicted octanol–water partition coefficient (Wildman–Crippen LogP) is 5.19. The van der Waals surface area contributed by atoms with Gasteiger partial charge in [-0.3, -0.25) is 0 Å². The molecule has 0 aliphatic carbocycles. The van der Waals surface area contributed by atoms with Crippen LogP contribution in [0.25, 0.3) is 10.8 Å². The van der Waals surface area contributed by atoms with Gasteiger partial charge in [0.1, 0.15) is 18.1 Å². The molecule has 0 aromatic heterocycles. The van der Waals surface area contributed by atoms with E-state index < -0.39 is 0 Å². The Hall–Kier alpha value is -2.00. The van der Waals surface area contributed by atoms with E-state index in [9.17, 15) is 0 Å². The van der Waals surface area contributed by atoms with Crippen molar-refractivity contribution >= 4 is 26.7 Å². The normalized spacial score (nSPS) is 10.6. The van der Waals surface area contributed by atoms with Crippen LogP contribution in [0.3, 0.4) is 0 Å². The van der Waals surface area contributed by atoms with Gasteiger partial charge in [0.05, 0.1) is 11.6 Å². The highest BCUT2D eigenvalue weighted by Crippen LogP contribution is 2.35. The second kappa shape index (κ2) is 6.19. The summed E-state index contributed by atoms with van der Waals surface area (Å²) in [5, 5.41) is 2.17. The Kier molecular flexibility index (Phi) is 4.11. The van der Waals surface area contributed by atoms with E-state index in [2.05, 4.69) is 34.1 Å². The summed E-state index contributed by atoms with van der Waals surface area (Å²) in [6.07, 6.45) is 0. The number of ether oxygens (including phenoxy) is 2. The van der Waals surface area contributed by atoms with Crippen LogP contribution >= 0.6 is 15.9 Å². The molecule has 0 aliphatic heterocycles. The molecule has 0 N–H and O–H groups in total. The summed E-state index contributed by atoms with van der Waals surface area (Å²) in [6, 6.07) is 20.2. The summed E-state index contributed by atoms with van der Waals surface area (Å²) in [6.45, 7) is 0.569. The van der Waals surface area contributed by atoms with Gasteiger partial charge in [-0.05, 0) is 51.1 Å². The summed E-state index contributed by atoms with van der Waals surface area (Å²) in [5.41, 5.74) is 1.16. The van der Waals surface area contributed by atoms with Crippen LogP contribution in [0.1, 0.15) is 5.56 Å². The lowest BCUT2D eigenvalue weighted by Crippen LogP contribution is -1.95. The second-order valence-electron chi connectivity index (χ2n) is 4.74. The molecule has 2 nitrogen and oxygen atoms in total. The van der Waals surface area contributed by atoms with Gasteiger partial charge in [0.2, 0.25) is 0 Å². The zero-order valence-corrected chi connectivity index (χ0v) is 13.3. The molecule has 0 heterocycles. The molecule has 3 rings (SSSR count). The van der Waals surface area contributed by atoms with Crippen molar-refractivity contribution in [3.05, 3.63) is 70.7 Å². The Morgan fingerprint density at radius 3 is 2.52 bits per heavy atom. The number of benzene rings is 3. The molecule has 0 saturated heterocycles. The van der Waals surface area contributed by atoms with Crippen molar-refractivity contribution in [3.63, 3.8) is 0 Å². The maximum absolute atomic E-state index is 5.85. The Morgan fingerprint density at radius 2 is 1.76 bits per heavy atom. The molecular formula is C18H15BrO2.